The van der Waals surface area contributed by atoms with Crippen molar-refractivity contribution in [2.75, 3.05) is 26.3 Å². The van der Waals surface area contributed by atoms with Crippen LogP contribution in [0.2, 0.25) is 0 Å². The van der Waals surface area contributed by atoms with E-state index in [0.717, 1.165) is 25.9 Å². The highest BCUT2D eigenvalue weighted by Gasteiger charge is 2.26. The second-order valence-electron chi connectivity index (χ2n) is 5.42. The van der Waals surface area contributed by atoms with Crippen molar-refractivity contribution < 1.29 is 4.39 Å². The molecule has 1 aromatic rings. The molecule has 0 spiro atoms. The molecule has 2 nitrogen and oxygen atoms in total. The molecule has 0 radical (unpaired) electrons. The Morgan fingerprint density at radius 2 is 2.11 bits per heavy atom. The summed E-state index contributed by atoms with van der Waals surface area (Å²) in [4.78, 5) is 2.33. The van der Waals surface area contributed by atoms with E-state index in [1.807, 2.05) is 6.07 Å². The second kappa shape index (κ2) is 7.61. The van der Waals surface area contributed by atoms with Gasteiger partial charge in [-0.1, -0.05) is 43.7 Å². The van der Waals surface area contributed by atoms with Crippen LogP contribution in [0.15, 0.2) is 30.3 Å². The molecule has 1 aromatic carbocycles. The first kappa shape index (κ1) is 14.5. The lowest BCUT2D eigenvalue weighted by molar-refractivity contribution is 0.114. The number of piperazine rings is 1. The minimum atomic E-state index is -0.238. The molecule has 2 atom stereocenters. The highest BCUT2D eigenvalue weighted by molar-refractivity contribution is 5.16. The van der Waals surface area contributed by atoms with E-state index in [2.05, 4.69) is 41.4 Å². The van der Waals surface area contributed by atoms with Crippen LogP contribution in [-0.4, -0.2) is 43.3 Å². The highest BCUT2D eigenvalue weighted by Crippen LogP contribution is 2.14. The van der Waals surface area contributed by atoms with Crippen LogP contribution >= 0.6 is 0 Å². The fraction of sp³-hybridized carbons (Fsp3) is 0.625. The highest BCUT2D eigenvalue weighted by atomic mass is 19.1. The Hall–Kier alpha value is -0.930. The number of halogens is 1. The van der Waals surface area contributed by atoms with Crippen LogP contribution in [0.3, 0.4) is 0 Å². The number of nitrogens with zero attached hydrogens (tertiary/aromatic N) is 1. The van der Waals surface area contributed by atoms with Gasteiger partial charge >= 0.3 is 0 Å². The normalized spacial score (nSPS) is 24.5. The standard InChI is InChI=1S/C16H25FN2/c1-2-6-16-12-18-15(13-19(16)10-9-17)11-14-7-4-3-5-8-14/h3-5,7-8,15-16,18H,2,6,9-13H2,1H3. The first-order chi connectivity index (χ1) is 9.33. The number of hydrogen-bond acceptors (Lipinski definition) is 2. The molecule has 2 rings (SSSR count). The van der Waals surface area contributed by atoms with E-state index in [4.69, 9.17) is 0 Å². The van der Waals surface area contributed by atoms with E-state index in [1.54, 1.807) is 0 Å². The Balaban J connectivity index is 1.90. The summed E-state index contributed by atoms with van der Waals surface area (Å²) < 4.78 is 12.7. The van der Waals surface area contributed by atoms with Gasteiger partial charge < -0.3 is 5.32 Å². The number of nitrogens with one attached hydrogen (secondary N) is 1. The van der Waals surface area contributed by atoms with Gasteiger partial charge in [-0.15, -0.1) is 0 Å². The van der Waals surface area contributed by atoms with Gasteiger partial charge in [0.1, 0.15) is 6.67 Å². The molecule has 1 saturated heterocycles. The average Bonchev–Trinajstić information content (AvgIpc) is 2.43. The van der Waals surface area contributed by atoms with Crippen molar-refractivity contribution in [1.29, 1.82) is 0 Å². The minimum absolute atomic E-state index is 0.238. The second-order valence-corrected chi connectivity index (χ2v) is 5.42. The Labute approximate surface area is 116 Å². The van der Waals surface area contributed by atoms with Crippen LogP contribution < -0.4 is 5.32 Å². The molecule has 0 saturated carbocycles. The van der Waals surface area contributed by atoms with Gasteiger partial charge in [0, 0.05) is 31.7 Å². The van der Waals surface area contributed by atoms with Crippen LogP contribution in [0.25, 0.3) is 0 Å². The maximum atomic E-state index is 12.7. The number of hydrogen-bond donors (Lipinski definition) is 1. The third kappa shape index (κ3) is 4.29. The summed E-state index contributed by atoms with van der Waals surface area (Å²) in [6.45, 7) is 4.49. The Bertz CT molecular complexity index is 355. The largest absolute Gasteiger partial charge is 0.311 e. The fourth-order valence-electron chi connectivity index (χ4n) is 2.96. The molecule has 0 amide bonds. The lowest BCUT2D eigenvalue weighted by Gasteiger charge is -2.40. The topological polar surface area (TPSA) is 15.3 Å². The molecule has 1 heterocycles. The summed E-state index contributed by atoms with van der Waals surface area (Å²) in [6, 6.07) is 11.5. The van der Waals surface area contributed by atoms with Gasteiger partial charge in [-0.25, -0.2) is 4.39 Å². The number of benzene rings is 1. The molecule has 1 aliphatic heterocycles. The van der Waals surface area contributed by atoms with Crippen molar-refractivity contribution in [2.24, 2.45) is 0 Å². The van der Waals surface area contributed by atoms with Crippen molar-refractivity contribution >= 4 is 0 Å². The van der Waals surface area contributed by atoms with Crippen molar-refractivity contribution in [3.8, 4) is 0 Å². The lowest BCUT2D eigenvalue weighted by Crippen LogP contribution is -2.57. The molecule has 1 aliphatic rings. The Morgan fingerprint density at radius 3 is 2.79 bits per heavy atom. The monoisotopic (exact) mass is 264 g/mol. The third-order valence-corrected chi connectivity index (χ3v) is 3.93. The minimum Gasteiger partial charge on any atom is -0.311 e. The van der Waals surface area contributed by atoms with Crippen molar-refractivity contribution in [3.63, 3.8) is 0 Å². The molecule has 3 heteroatoms. The maximum absolute atomic E-state index is 12.7. The zero-order valence-corrected chi connectivity index (χ0v) is 11.8. The van der Waals surface area contributed by atoms with Gasteiger partial charge in [-0.3, -0.25) is 4.90 Å². The molecule has 1 N–H and O–H groups in total. The summed E-state index contributed by atoms with van der Waals surface area (Å²) in [5, 5.41) is 3.63. The van der Waals surface area contributed by atoms with E-state index in [9.17, 15) is 4.39 Å². The molecule has 1 fully saturated rings. The molecule has 0 bridgehead atoms. The van der Waals surface area contributed by atoms with Crippen molar-refractivity contribution in [3.05, 3.63) is 35.9 Å². The number of rotatable bonds is 6. The molecular weight excluding hydrogens is 239 g/mol. The van der Waals surface area contributed by atoms with E-state index >= 15 is 0 Å². The molecule has 19 heavy (non-hydrogen) atoms. The van der Waals surface area contributed by atoms with Crippen LogP contribution in [-0.2, 0) is 6.42 Å². The molecule has 106 valence electrons. The zero-order chi connectivity index (χ0) is 13.5. The molecule has 2 unspecified atom stereocenters. The summed E-state index contributed by atoms with van der Waals surface area (Å²) in [5.74, 6) is 0. The predicted octanol–water partition coefficient (Wildman–Crippen LogP) is 2.64. The summed E-state index contributed by atoms with van der Waals surface area (Å²) in [6.07, 6.45) is 3.35. The smallest absolute Gasteiger partial charge is 0.102 e. The third-order valence-electron chi connectivity index (χ3n) is 3.93. The van der Waals surface area contributed by atoms with Crippen molar-refractivity contribution in [2.45, 2.75) is 38.3 Å². The lowest BCUT2D eigenvalue weighted by atomic mass is 10.00. The molecule has 0 aliphatic carbocycles. The van der Waals surface area contributed by atoms with Crippen LogP contribution in [0.5, 0.6) is 0 Å². The first-order valence-corrected chi connectivity index (χ1v) is 7.40. The Kier molecular flexibility index (Phi) is 5.80. The van der Waals surface area contributed by atoms with Crippen LogP contribution in [0, 0.1) is 0 Å². The van der Waals surface area contributed by atoms with E-state index in [1.165, 1.54) is 12.0 Å². The zero-order valence-electron chi connectivity index (χ0n) is 11.8. The van der Waals surface area contributed by atoms with Crippen molar-refractivity contribution in [1.82, 2.24) is 10.2 Å². The summed E-state index contributed by atoms with van der Waals surface area (Å²) in [7, 11) is 0. The van der Waals surface area contributed by atoms with Gasteiger partial charge in [0.25, 0.3) is 0 Å². The van der Waals surface area contributed by atoms with Gasteiger partial charge in [-0.2, -0.15) is 0 Å². The quantitative estimate of drug-likeness (QED) is 0.850. The summed E-state index contributed by atoms with van der Waals surface area (Å²) >= 11 is 0. The Morgan fingerprint density at radius 1 is 1.32 bits per heavy atom. The van der Waals surface area contributed by atoms with E-state index in [-0.39, 0.29) is 6.67 Å². The average molecular weight is 264 g/mol. The van der Waals surface area contributed by atoms with E-state index in [0.29, 0.717) is 18.6 Å². The predicted molar refractivity (Wildman–Crippen MR) is 78.2 cm³/mol. The first-order valence-electron chi connectivity index (χ1n) is 7.40. The SMILES string of the molecule is CCCC1CNC(Cc2ccccc2)CN1CCF. The molecular formula is C16H25FN2. The van der Waals surface area contributed by atoms with Gasteiger partial charge in [0.15, 0.2) is 0 Å². The van der Waals surface area contributed by atoms with Crippen LogP contribution in [0.4, 0.5) is 4.39 Å². The van der Waals surface area contributed by atoms with Gasteiger partial charge in [0.2, 0.25) is 0 Å². The van der Waals surface area contributed by atoms with E-state index < -0.39 is 0 Å². The fourth-order valence-corrected chi connectivity index (χ4v) is 2.96. The maximum Gasteiger partial charge on any atom is 0.102 e. The summed E-state index contributed by atoms with van der Waals surface area (Å²) in [5.41, 5.74) is 1.36. The van der Waals surface area contributed by atoms with Gasteiger partial charge in [-0.05, 0) is 18.4 Å². The van der Waals surface area contributed by atoms with Crippen LogP contribution in [0.1, 0.15) is 25.3 Å². The van der Waals surface area contributed by atoms with Gasteiger partial charge in [0.05, 0.1) is 0 Å². The molecule has 0 aromatic heterocycles. The number of alkyl halides is 1.